The lowest BCUT2D eigenvalue weighted by Gasteiger charge is -2.28. The molecular formula is C20H25N3O5S. The van der Waals surface area contributed by atoms with Crippen molar-refractivity contribution >= 4 is 15.7 Å². The van der Waals surface area contributed by atoms with Crippen molar-refractivity contribution in [1.82, 2.24) is 9.62 Å². The summed E-state index contributed by atoms with van der Waals surface area (Å²) in [6.07, 6.45) is 2.19. The molecule has 1 unspecified atom stereocenters. The molecule has 3 rings (SSSR count). The van der Waals surface area contributed by atoms with Crippen molar-refractivity contribution in [1.29, 1.82) is 0 Å². The third kappa shape index (κ3) is 5.75. The van der Waals surface area contributed by atoms with Crippen LogP contribution in [0.2, 0.25) is 0 Å². The van der Waals surface area contributed by atoms with E-state index in [1.807, 2.05) is 24.3 Å². The standard InChI is InChI=1S/C20H25N3O5S/c1-28-19-6-4-5-17(13-19)20(22-11-2-3-12-22)14-21-29(26,27)15-16-7-9-18(10-8-16)23(24)25/h4-10,13,20-21H,2-3,11-12,14-15H2,1H3. The number of methoxy groups -OCH3 is 1. The first-order valence-electron chi connectivity index (χ1n) is 9.46. The van der Waals surface area contributed by atoms with E-state index in [1.54, 1.807) is 7.11 Å². The van der Waals surface area contributed by atoms with Crippen LogP contribution in [0, 0.1) is 10.1 Å². The number of nitrogens with one attached hydrogen (secondary N) is 1. The molecule has 0 spiro atoms. The van der Waals surface area contributed by atoms with Crippen LogP contribution < -0.4 is 9.46 Å². The van der Waals surface area contributed by atoms with Crippen LogP contribution in [0.3, 0.4) is 0 Å². The molecule has 0 aromatic heterocycles. The van der Waals surface area contributed by atoms with Crippen LogP contribution in [0.25, 0.3) is 0 Å². The van der Waals surface area contributed by atoms with Gasteiger partial charge < -0.3 is 4.74 Å². The number of benzene rings is 2. The molecule has 1 aliphatic rings. The third-order valence-corrected chi connectivity index (χ3v) is 6.38. The first-order chi connectivity index (χ1) is 13.9. The number of hydrogen-bond donors (Lipinski definition) is 1. The maximum absolute atomic E-state index is 12.6. The molecule has 2 aromatic carbocycles. The zero-order chi connectivity index (χ0) is 20.9. The summed E-state index contributed by atoms with van der Waals surface area (Å²) in [6, 6.07) is 13.2. The number of ether oxygens (including phenoxy) is 1. The van der Waals surface area contributed by atoms with Crippen LogP contribution >= 0.6 is 0 Å². The Morgan fingerprint density at radius 1 is 1.17 bits per heavy atom. The minimum atomic E-state index is -3.59. The average Bonchev–Trinajstić information content (AvgIpc) is 3.23. The molecule has 1 saturated heterocycles. The lowest BCUT2D eigenvalue weighted by Crippen LogP contribution is -2.37. The Kier molecular flexibility index (Phi) is 6.83. The summed E-state index contributed by atoms with van der Waals surface area (Å²) >= 11 is 0. The maximum atomic E-state index is 12.6. The van der Waals surface area contributed by atoms with Gasteiger partial charge in [-0.25, -0.2) is 13.1 Å². The lowest BCUT2D eigenvalue weighted by molar-refractivity contribution is -0.384. The van der Waals surface area contributed by atoms with Crippen LogP contribution in [0.5, 0.6) is 5.75 Å². The molecule has 1 heterocycles. The second-order valence-electron chi connectivity index (χ2n) is 7.07. The predicted molar refractivity (Wildman–Crippen MR) is 110 cm³/mol. The zero-order valence-electron chi connectivity index (χ0n) is 16.3. The summed E-state index contributed by atoms with van der Waals surface area (Å²) in [7, 11) is -1.99. The van der Waals surface area contributed by atoms with E-state index < -0.39 is 14.9 Å². The molecule has 156 valence electrons. The fraction of sp³-hybridized carbons (Fsp3) is 0.400. The highest BCUT2D eigenvalue weighted by molar-refractivity contribution is 7.88. The number of nitro benzene ring substituents is 1. The van der Waals surface area contributed by atoms with Gasteiger partial charge in [-0.1, -0.05) is 24.3 Å². The van der Waals surface area contributed by atoms with E-state index in [-0.39, 0.29) is 24.0 Å². The van der Waals surface area contributed by atoms with E-state index in [2.05, 4.69) is 9.62 Å². The van der Waals surface area contributed by atoms with Gasteiger partial charge >= 0.3 is 0 Å². The third-order valence-electron chi connectivity index (χ3n) is 5.06. The normalized spacial score (nSPS) is 15.9. The number of likely N-dealkylation sites (tertiary alicyclic amines) is 1. The molecule has 8 nitrogen and oxygen atoms in total. The molecule has 0 bridgehead atoms. The van der Waals surface area contributed by atoms with Gasteiger partial charge in [0.1, 0.15) is 5.75 Å². The highest BCUT2D eigenvalue weighted by Crippen LogP contribution is 2.27. The fourth-order valence-corrected chi connectivity index (χ4v) is 4.70. The number of nitro groups is 1. The van der Waals surface area contributed by atoms with E-state index in [1.165, 1.54) is 24.3 Å². The number of nitrogens with zero attached hydrogens (tertiary/aromatic N) is 2. The molecule has 29 heavy (non-hydrogen) atoms. The van der Waals surface area contributed by atoms with Gasteiger partial charge in [-0.15, -0.1) is 0 Å². The van der Waals surface area contributed by atoms with Gasteiger partial charge in [0.05, 0.1) is 17.8 Å². The summed E-state index contributed by atoms with van der Waals surface area (Å²) < 4.78 is 33.2. The minimum absolute atomic E-state index is 0.0637. The molecule has 1 fully saturated rings. The predicted octanol–water partition coefficient (Wildman–Crippen LogP) is 2.86. The molecular weight excluding hydrogens is 394 g/mol. The molecule has 2 aromatic rings. The Balaban J connectivity index is 1.71. The molecule has 0 radical (unpaired) electrons. The highest BCUT2D eigenvalue weighted by Gasteiger charge is 2.25. The minimum Gasteiger partial charge on any atom is -0.497 e. The van der Waals surface area contributed by atoms with Gasteiger partial charge in [0.15, 0.2) is 0 Å². The van der Waals surface area contributed by atoms with Crippen molar-refractivity contribution < 1.29 is 18.1 Å². The SMILES string of the molecule is COc1cccc(C(CNS(=O)(=O)Cc2ccc([N+](=O)[O-])cc2)N2CCCC2)c1. The number of sulfonamides is 1. The second-order valence-corrected chi connectivity index (χ2v) is 8.87. The number of hydrogen-bond acceptors (Lipinski definition) is 6. The summed E-state index contributed by atoms with van der Waals surface area (Å²) in [5, 5.41) is 10.7. The van der Waals surface area contributed by atoms with Crippen LogP contribution in [-0.4, -0.2) is 45.0 Å². The van der Waals surface area contributed by atoms with Gasteiger partial charge in [-0.2, -0.15) is 0 Å². The van der Waals surface area contributed by atoms with Crippen LogP contribution in [0.15, 0.2) is 48.5 Å². The molecule has 1 atom stereocenters. The molecule has 0 saturated carbocycles. The Morgan fingerprint density at radius 2 is 1.86 bits per heavy atom. The second kappa shape index (κ2) is 9.34. The summed E-state index contributed by atoms with van der Waals surface area (Å²) in [4.78, 5) is 12.5. The Labute approximate surface area is 170 Å². The van der Waals surface area contributed by atoms with Gasteiger partial charge in [0.2, 0.25) is 10.0 Å². The lowest BCUT2D eigenvalue weighted by atomic mass is 10.1. The number of non-ortho nitro benzene ring substituents is 1. The Bertz CT molecular complexity index is 941. The van der Waals surface area contributed by atoms with Gasteiger partial charge in [0.25, 0.3) is 5.69 Å². The molecule has 0 amide bonds. The topological polar surface area (TPSA) is 102 Å². The molecule has 0 aliphatic carbocycles. The van der Waals surface area contributed by atoms with E-state index in [9.17, 15) is 18.5 Å². The van der Waals surface area contributed by atoms with E-state index in [4.69, 9.17) is 4.74 Å². The summed E-state index contributed by atoms with van der Waals surface area (Å²) in [5.74, 6) is 0.510. The highest BCUT2D eigenvalue weighted by atomic mass is 32.2. The monoisotopic (exact) mass is 419 g/mol. The average molecular weight is 420 g/mol. The smallest absolute Gasteiger partial charge is 0.269 e. The van der Waals surface area contributed by atoms with Crippen LogP contribution in [-0.2, 0) is 15.8 Å². The molecule has 1 aliphatic heterocycles. The first-order valence-corrected chi connectivity index (χ1v) is 11.1. The van der Waals surface area contributed by atoms with E-state index in [0.29, 0.717) is 5.56 Å². The fourth-order valence-electron chi connectivity index (χ4n) is 3.55. The first kappa shape index (κ1) is 21.2. The van der Waals surface area contributed by atoms with Crippen LogP contribution in [0.1, 0.15) is 30.0 Å². The molecule has 9 heteroatoms. The summed E-state index contributed by atoms with van der Waals surface area (Å²) in [5.41, 5.74) is 1.44. The van der Waals surface area contributed by atoms with Crippen molar-refractivity contribution in [2.24, 2.45) is 0 Å². The Hall–Kier alpha value is -2.49. The number of rotatable bonds is 9. The quantitative estimate of drug-likeness (QED) is 0.495. The van der Waals surface area contributed by atoms with Crippen molar-refractivity contribution in [2.45, 2.75) is 24.6 Å². The van der Waals surface area contributed by atoms with E-state index in [0.717, 1.165) is 37.2 Å². The van der Waals surface area contributed by atoms with Crippen molar-refractivity contribution in [2.75, 3.05) is 26.7 Å². The van der Waals surface area contributed by atoms with Gasteiger partial charge in [0, 0.05) is 24.7 Å². The largest absolute Gasteiger partial charge is 0.497 e. The van der Waals surface area contributed by atoms with Crippen molar-refractivity contribution in [3.05, 3.63) is 69.8 Å². The molecule has 1 N–H and O–H groups in total. The Morgan fingerprint density at radius 3 is 2.48 bits per heavy atom. The van der Waals surface area contributed by atoms with Crippen molar-refractivity contribution in [3.8, 4) is 5.75 Å². The summed E-state index contributed by atoms with van der Waals surface area (Å²) in [6.45, 7) is 2.10. The van der Waals surface area contributed by atoms with Crippen LogP contribution in [0.4, 0.5) is 5.69 Å². The van der Waals surface area contributed by atoms with Gasteiger partial charge in [-0.3, -0.25) is 15.0 Å². The zero-order valence-corrected chi connectivity index (χ0v) is 17.1. The van der Waals surface area contributed by atoms with Crippen molar-refractivity contribution in [3.63, 3.8) is 0 Å². The van der Waals surface area contributed by atoms with E-state index >= 15 is 0 Å². The maximum Gasteiger partial charge on any atom is 0.269 e. The van der Waals surface area contributed by atoms with Gasteiger partial charge in [-0.05, 0) is 49.2 Å².